The molecule has 34 heavy (non-hydrogen) atoms. The molecule has 0 saturated heterocycles. The molecule has 0 spiro atoms. The Kier molecular flexibility index (Phi) is 8.01. The third-order valence-electron chi connectivity index (χ3n) is 4.55. The Hall–Kier alpha value is -2.89. The smallest absolute Gasteiger partial charge is 0.339 e. The molecule has 3 rings (SSSR count). The topological polar surface area (TPSA) is 111 Å². The maximum Gasteiger partial charge on any atom is 0.339 e. The summed E-state index contributed by atoms with van der Waals surface area (Å²) in [5.41, 5.74) is 2.29. The van der Waals surface area contributed by atoms with Crippen LogP contribution in [0.25, 0.3) is 0 Å². The van der Waals surface area contributed by atoms with Crippen LogP contribution in [0.1, 0.15) is 23.6 Å². The second kappa shape index (κ2) is 10.6. The largest absolute Gasteiger partial charge is 0.490 e. The van der Waals surface area contributed by atoms with Crippen LogP contribution in [0.5, 0.6) is 11.5 Å². The fourth-order valence-corrected chi connectivity index (χ4v) is 5.21. The molecule has 0 fully saturated rings. The Labute approximate surface area is 207 Å². The molecule has 0 aliphatic rings. The molecule has 0 heterocycles. The first-order valence-corrected chi connectivity index (χ1v) is 13.8. The maximum absolute atomic E-state index is 12.7. The molecule has 11 heteroatoms. The lowest BCUT2D eigenvalue weighted by Crippen LogP contribution is -2.18. The van der Waals surface area contributed by atoms with Crippen LogP contribution in [-0.4, -0.2) is 29.7 Å². The van der Waals surface area contributed by atoms with Crippen LogP contribution < -0.4 is 13.8 Å². The van der Waals surface area contributed by atoms with Crippen LogP contribution in [0.15, 0.2) is 80.0 Å². The second-order valence-corrected chi connectivity index (χ2v) is 11.3. The van der Waals surface area contributed by atoms with Crippen molar-refractivity contribution in [2.45, 2.75) is 30.6 Å². The number of nitrogens with one attached hydrogen (secondary N) is 1. The zero-order chi connectivity index (χ0) is 24.9. The molecule has 0 aliphatic heterocycles. The standard InChI is InChI=1S/C23H23BrN2O6S2/c1-4-31-22-14-18(15-25-26-33(27,28)19-9-5-16(2)6-10-19)13-21(24)23(22)32-34(29,30)20-11-7-17(3)8-12-20/h5-15,26H,4H2,1-3H3/b25-15-. The quantitative estimate of drug-likeness (QED) is 0.231. The number of hydrogen-bond acceptors (Lipinski definition) is 7. The molecule has 180 valence electrons. The zero-order valence-corrected chi connectivity index (χ0v) is 21.9. The molecule has 0 saturated carbocycles. The van der Waals surface area contributed by atoms with E-state index < -0.39 is 20.1 Å². The SMILES string of the molecule is CCOc1cc(/C=N\NS(=O)(=O)c2ccc(C)cc2)cc(Br)c1OS(=O)(=O)c1ccc(C)cc1. The van der Waals surface area contributed by atoms with E-state index in [0.29, 0.717) is 5.56 Å². The van der Waals surface area contributed by atoms with Crippen molar-refractivity contribution >= 4 is 42.3 Å². The van der Waals surface area contributed by atoms with Gasteiger partial charge in [0.25, 0.3) is 10.0 Å². The molecule has 0 unspecified atom stereocenters. The molecule has 0 amide bonds. The molecule has 0 bridgehead atoms. The van der Waals surface area contributed by atoms with Crippen molar-refractivity contribution in [3.63, 3.8) is 0 Å². The van der Waals surface area contributed by atoms with Crippen LogP contribution in [0.4, 0.5) is 0 Å². The Morgan fingerprint density at radius 1 is 0.912 bits per heavy atom. The van der Waals surface area contributed by atoms with E-state index in [1.54, 1.807) is 31.2 Å². The third kappa shape index (κ3) is 6.37. The highest BCUT2D eigenvalue weighted by molar-refractivity contribution is 9.10. The van der Waals surface area contributed by atoms with Gasteiger partial charge >= 0.3 is 10.1 Å². The fourth-order valence-electron chi connectivity index (χ4n) is 2.81. The summed E-state index contributed by atoms with van der Waals surface area (Å²) in [5, 5.41) is 3.82. The lowest BCUT2D eigenvalue weighted by atomic mass is 10.2. The second-order valence-electron chi connectivity index (χ2n) is 7.28. The molecule has 0 atom stereocenters. The molecular weight excluding hydrogens is 544 g/mol. The number of nitrogens with zero attached hydrogens (tertiary/aromatic N) is 1. The first-order chi connectivity index (χ1) is 16.0. The zero-order valence-electron chi connectivity index (χ0n) is 18.6. The minimum Gasteiger partial charge on any atom is -0.490 e. The van der Waals surface area contributed by atoms with Crippen molar-refractivity contribution in [3.8, 4) is 11.5 Å². The predicted octanol–water partition coefficient (Wildman–Crippen LogP) is 4.54. The minimum absolute atomic E-state index is 0.00333. The van der Waals surface area contributed by atoms with Gasteiger partial charge in [0.2, 0.25) is 0 Å². The highest BCUT2D eigenvalue weighted by atomic mass is 79.9. The monoisotopic (exact) mass is 566 g/mol. The number of aryl methyl sites for hydroxylation is 2. The first-order valence-electron chi connectivity index (χ1n) is 10.1. The van der Waals surface area contributed by atoms with E-state index in [2.05, 4.69) is 25.9 Å². The molecule has 0 radical (unpaired) electrons. The van der Waals surface area contributed by atoms with Gasteiger partial charge in [-0.1, -0.05) is 35.4 Å². The average Bonchev–Trinajstić information content (AvgIpc) is 2.77. The number of benzene rings is 3. The normalized spacial score (nSPS) is 12.0. The average molecular weight is 567 g/mol. The summed E-state index contributed by atoms with van der Waals surface area (Å²) >= 11 is 3.31. The van der Waals surface area contributed by atoms with Gasteiger partial charge in [0.1, 0.15) is 4.90 Å². The Morgan fingerprint density at radius 3 is 2.03 bits per heavy atom. The Bertz CT molecular complexity index is 1400. The number of hydrogen-bond donors (Lipinski definition) is 1. The van der Waals surface area contributed by atoms with E-state index in [9.17, 15) is 16.8 Å². The third-order valence-corrected chi connectivity index (χ3v) is 7.62. The summed E-state index contributed by atoms with van der Waals surface area (Å²) in [6, 6.07) is 15.6. The summed E-state index contributed by atoms with van der Waals surface area (Å²) in [5.74, 6) is 0.121. The van der Waals surface area contributed by atoms with Gasteiger partial charge in [-0.05, 0) is 78.7 Å². The number of hydrazone groups is 1. The van der Waals surface area contributed by atoms with Crippen LogP contribution in [0.2, 0.25) is 0 Å². The van der Waals surface area contributed by atoms with Gasteiger partial charge in [0.05, 0.1) is 22.2 Å². The highest BCUT2D eigenvalue weighted by Crippen LogP contribution is 2.38. The van der Waals surface area contributed by atoms with E-state index in [-0.39, 0.29) is 32.4 Å². The molecule has 0 aromatic heterocycles. The summed E-state index contributed by atoms with van der Waals surface area (Å²) < 4.78 is 61.5. The minimum atomic E-state index is -4.11. The van der Waals surface area contributed by atoms with Gasteiger partial charge < -0.3 is 8.92 Å². The molecule has 3 aromatic rings. The van der Waals surface area contributed by atoms with E-state index in [1.165, 1.54) is 42.6 Å². The lowest BCUT2D eigenvalue weighted by Gasteiger charge is -2.14. The number of halogens is 1. The van der Waals surface area contributed by atoms with E-state index in [0.717, 1.165) is 11.1 Å². The van der Waals surface area contributed by atoms with Gasteiger partial charge in [-0.2, -0.15) is 21.9 Å². The number of rotatable bonds is 9. The molecule has 0 aliphatic carbocycles. The van der Waals surface area contributed by atoms with Crippen molar-refractivity contribution in [2.24, 2.45) is 5.10 Å². The molecule has 3 aromatic carbocycles. The fraction of sp³-hybridized carbons (Fsp3) is 0.174. The summed E-state index contributed by atoms with van der Waals surface area (Å²) in [6.07, 6.45) is 1.28. The number of ether oxygens (including phenoxy) is 1. The maximum atomic E-state index is 12.7. The summed E-state index contributed by atoms with van der Waals surface area (Å²) in [4.78, 5) is 2.23. The highest BCUT2D eigenvalue weighted by Gasteiger charge is 2.22. The van der Waals surface area contributed by atoms with Gasteiger partial charge in [-0.15, -0.1) is 0 Å². The van der Waals surface area contributed by atoms with Crippen LogP contribution in [0, 0.1) is 13.8 Å². The predicted molar refractivity (Wildman–Crippen MR) is 133 cm³/mol. The summed E-state index contributed by atoms with van der Waals surface area (Å²) in [7, 11) is -7.95. The summed E-state index contributed by atoms with van der Waals surface area (Å²) in [6.45, 7) is 5.69. The van der Waals surface area contributed by atoms with Crippen LogP contribution >= 0.6 is 15.9 Å². The van der Waals surface area contributed by atoms with Crippen LogP contribution in [0.3, 0.4) is 0 Å². The first kappa shape index (κ1) is 25.7. The Balaban J connectivity index is 1.85. The molecule has 1 N–H and O–H groups in total. The van der Waals surface area contributed by atoms with Gasteiger partial charge in [-0.3, -0.25) is 0 Å². The van der Waals surface area contributed by atoms with Gasteiger partial charge in [-0.25, -0.2) is 4.83 Å². The van der Waals surface area contributed by atoms with Crippen molar-refractivity contribution in [1.82, 2.24) is 4.83 Å². The van der Waals surface area contributed by atoms with Gasteiger partial charge in [0.15, 0.2) is 11.5 Å². The van der Waals surface area contributed by atoms with Crippen molar-refractivity contribution in [1.29, 1.82) is 0 Å². The lowest BCUT2D eigenvalue weighted by molar-refractivity contribution is 0.327. The number of sulfonamides is 1. The van der Waals surface area contributed by atoms with E-state index in [4.69, 9.17) is 8.92 Å². The van der Waals surface area contributed by atoms with Gasteiger partial charge in [0, 0.05) is 0 Å². The van der Waals surface area contributed by atoms with Crippen molar-refractivity contribution in [2.75, 3.05) is 6.61 Å². The molecule has 8 nitrogen and oxygen atoms in total. The molecular formula is C23H23BrN2O6S2. The van der Waals surface area contributed by atoms with E-state index in [1.807, 2.05) is 13.8 Å². The van der Waals surface area contributed by atoms with Crippen molar-refractivity contribution < 1.29 is 25.8 Å². The Morgan fingerprint density at radius 2 is 1.47 bits per heavy atom. The van der Waals surface area contributed by atoms with Crippen LogP contribution in [-0.2, 0) is 20.1 Å². The van der Waals surface area contributed by atoms with Crippen molar-refractivity contribution in [3.05, 3.63) is 81.8 Å². The van der Waals surface area contributed by atoms with E-state index >= 15 is 0 Å².